The van der Waals surface area contributed by atoms with Crippen molar-refractivity contribution >= 4 is 28.3 Å². The summed E-state index contributed by atoms with van der Waals surface area (Å²) < 4.78 is 24.0. The molecule has 33 heavy (non-hydrogen) atoms. The molecule has 1 aromatic heterocycles. The van der Waals surface area contributed by atoms with Crippen molar-refractivity contribution in [3.8, 4) is 22.8 Å². The molecule has 1 heterocycles. The molecule has 1 aliphatic carbocycles. The van der Waals surface area contributed by atoms with Crippen LogP contribution in [0.2, 0.25) is 0 Å². The molecule has 0 saturated heterocycles. The third-order valence-electron chi connectivity index (χ3n) is 5.20. The van der Waals surface area contributed by atoms with Gasteiger partial charge in [0.05, 0.1) is 12.8 Å². The second-order valence-electron chi connectivity index (χ2n) is 7.60. The molecule has 0 unspecified atom stereocenters. The first kappa shape index (κ1) is 22.7. The number of rotatable bonds is 10. The number of benzene rings is 2. The van der Waals surface area contributed by atoms with Gasteiger partial charge >= 0.3 is 0 Å². The van der Waals surface area contributed by atoms with E-state index in [1.54, 1.807) is 41.7 Å². The van der Waals surface area contributed by atoms with E-state index < -0.39 is 0 Å². The molecule has 0 spiro atoms. The third-order valence-corrected chi connectivity index (χ3v) is 5.96. The standard InChI is InChI=1S/C24H24FN3O4S/c1-31-20-4-2-3-5-21(20)32-14-23(30)28(18-10-11-18)13-12-22(29)27-24-26-19(15-33-24)16-6-8-17(25)9-7-16/h2-9,15,18H,10-14H2,1H3,(H,26,27,29). The van der Waals surface area contributed by atoms with Crippen LogP contribution in [0.1, 0.15) is 19.3 Å². The second-order valence-corrected chi connectivity index (χ2v) is 8.46. The van der Waals surface area contributed by atoms with Gasteiger partial charge in [0.2, 0.25) is 5.91 Å². The van der Waals surface area contributed by atoms with E-state index in [9.17, 15) is 14.0 Å². The second kappa shape index (κ2) is 10.4. The van der Waals surface area contributed by atoms with E-state index >= 15 is 0 Å². The Balaban J connectivity index is 1.29. The lowest BCUT2D eigenvalue weighted by atomic mass is 10.2. The molecule has 2 aromatic carbocycles. The van der Waals surface area contributed by atoms with Gasteiger partial charge in [0.15, 0.2) is 23.2 Å². The number of carbonyl (C=O) groups is 2. The van der Waals surface area contributed by atoms with E-state index in [1.165, 1.54) is 23.5 Å². The number of amides is 2. The maximum atomic E-state index is 13.1. The minimum Gasteiger partial charge on any atom is -0.493 e. The van der Waals surface area contributed by atoms with Gasteiger partial charge in [-0.05, 0) is 49.2 Å². The molecule has 9 heteroatoms. The molecule has 1 saturated carbocycles. The summed E-state index contributed by atoms with van der Waals surface area (Å²) in [7, 11) is 1.55. The van der Waals surface area contributed by atoms with Crippen molar-refractivity contribution in [2.24, 2.45) is 0 Å². The number of aromatic nitrogens is 1. The number of hydrogen-bond acceptors (Lipinski definition) is 6. The Hall–Kier alpha value is -3.46. The van der Waals surface area contributed by atoms with Crippen LogP contribution in [0.4, 0.5) is 9.52 Å². The van der Waals surface area contributed by atoms with E-state index in [2.05, 4.69) is 10.3 Å². The fraction of sp³-hybridized carbons (Fsp3) is 0.292. The fourth-order valence-corrected chi connectivity index (χ4v) is 4.08. The van der Waals surface area contributed by atoms with Crippen LogP contribution in [0.15, 0.2) is 53.9 Å². The molecule has 0 radical (unpaired) electrons. The predicted molar refractivity (Wildman–Crippen MR) is 124 cm³/mol. The molecule has 0 atom stereocenters. The third kappa shape index (κ3) is 6.07. The number of nitrogens with one attached hydrogen (secondary N) is 1. The largest absolute Gasteiger partial charge is 0.493 e. The van der Waals surface area contributed by atoms with Crippen molar-refractivity contribution in [3.05, 3.63) is 59.7 Å². The topological polar surface area (TPSA) is 80.8 Å². The quantitative estimate of drug-likeness (QED) is 0.477. The summed E-state index contributed by atoms with van der Waals surface area (Å²) in [6.07, 6.45) is 2.01. The SMILES string of the molecule is COc1ccccc1OCC(=O)N(CCC(=O)Nc1nc(-c2ccc(F)cc2)cs1)C1CC1. The summed E-state index contributed by atoms with van der Waals surface area (Å²) in [5.74, 6) is 0.363. The molecular weight excluding hydrogens is 445 g/mol. The van der Waals surface area contributed by atoms with Gasteiger partial charge in [-0.1, -0.05) is 12.1 Å². The monoisotopic (exact) mass is 469 g/mol. The lowest BCUT2D eigenvalue weighted by Crippen LogP contribution is -2.38. The van der Waals surface area contributed by atoms with Crippen LogP contribution >= 0.6 is 11.3 Å². The fourth-order valence-electron chi connectivity index (χ4n) is 3.35. The van der Waals surface area contributed by atoms with Crippen molar-refractivity contribution in [1.29, 1.82) is 0 Å². The molecule has 172 valence electrons. The normalized spacial score (nSPS) is 12.8. The highest BCUT2D eigenvalue weighted by Crippen LogP contribution is 2.29. The minimum atomic E-state index is -0.314. The van der Waals surface area contributed by atoms with E-state index in [-0.39, 0.29) is 36.7 Å². The summed E-state index contributed by atoms with van der Waals surface area (Å²) >= 11 is 1.30. The summed E-state index contributed by atoms with van der Waals surface area (Å²) in [5.41, 5.74) is 1.44. The Kier molecular flexibility index (Phi) is 7.19. The van der Waals surface area contributed by atoms with Gasteiger partial charge < -0.3 is 19.7 Å². The van der Waals surface area contributed by atoms with Crippen LogP contribution in [0, 0.1) is 5.82 Å². The molecule has 1 N–H and O–H groups in total. The highest BCUT2D eigenvalue weighted by atomic mass is 32.1. The van der Waals surface area contributed by atoms with Crippen molar-refractivity contribution in [2.45, 2.75) is 25.3 Å². The van der Waals surface area contributed by atoms with Crippen LogP contribution < -0.4 is 14.8 Å². The van der Waals surface area contributed by atoms with Gasteiger partial charge in [0, 0.05) is 30.0 Å². The molecule has 0 bridgehead atoms. The van der Waals surface area contributed by atoms with E-state index in [1.807, 2.05) is 12.1 Å². The summed E-state index contributed by atoms with van der Waals surface area (Å²) in [5, 5.41) is 5.04. The van der Waals surface area contributed by atoms with Crippen molar-refractivity contribution in [2.75, 3.05) is 25.6 Å². The Labute approximate surface area is 195 Å². The van der Waals surface area contributed by atoms with Gasteiger partial charge in [0.25, 0.3) is 5.91 Å². The maximum Gasteiger partial charge on any atom is 0.260 e. The minimum absolute atomic E-state index is 0.119. The van der Waals surface area contributed by atoms with Crippen LogP contribution in [0.25, 0.3) is 11.3 Å². The predicted octanol–water partition coefficient (Wildman–Crippen LogP) is 4.36. The average Bonchev–Trinajstić information content (AvgIpc) is 3.56. The average molecular weight is 470 g/mol. The molecule has 1 fully saturated rings. The maximum absolute atomic E-state index is 13.1. The van der Waals surface area contributed by atoms with Crippen LogP contribution in [-0.2, 0) is 9.59 Å². The van der Waals surface area contributed by atoms with Crippen LogP contribution in [0.5, 0.6) is 11.5 Å². The number of halogens is 1. The number of anilines is 1. The van der Waals surface area contributed by atoms with Crippen LogP contribution in [0.3, 0.4) is 0 Å². The molecule has 2 amide bonds. The Morgan fingerprint density at radius 1 is 1.15 bits per heavy atom. The zero-order valence-electron chi connectivity index (χ0n) is 18.1. The molecule has 7 nitrogen and oxygen atoms in total. The molecule has 1 aliphatic rings. The number of methoxy groups -OCH3 is 1. The van der Waals surface area contributed by atoms with Gasteiger partial charge in [-0.3, -0.25) is 9.59 Å². The first-order valence-corrected chi connectivity index (χ1v) is 11.5. The number of nitrogens with zero attached hydrogens (tertiary/aromatic N) is 2. The van der Waals surface area contributed by atoms with E-state index in [4.69, 9.17) is 9.47 Å². The van der Waals surface area contributed by atoms with E-state index in [0.717, 1.165) is 18.4 Å². The lowest BCUT2D eigenvalue weighted by Gasteiger charge is -2.22. The molecule has 0 aliphatic heterocycles. The van der Waals surface area contributed by atoms with Crippen molar-refractivity contribution in [1.82, 2.24) is 9.88 Å². The van der Waals surface area contributed by atoms with Crippen molar-refractivity contribution in [3.63, 3.8) is 0 Å². The highest BCUT2D eigenvalue weighted by molar-refractivity contribution is 7.14. The van der Waals surface area contributed by atoms with Gasteiger partial charge in [-0.15, -0.1) is 11.3 Å². The first-order chi connectivity index (χ1) is 16.0. The zero-order chi connectivity index (χ0) is 23.2. The number of ether oxygens (including phenoxy) is 2. The number of hydrogen-bond donors (Lipinski definition) is 1. The highest BCUT2D eigenvalue weighted by Gasteiger charge is 2.33. The number of thiazole rings is 1. The van der Waals surface area contributed by atoms with E-state index in [0.29, 0.717) is 28.9 Å². The Morgan fingerprint density at radius 3 is 2.58 bits per heavy atom. The Bertz CT molecular complexity index is 1110. The van der Waals surface area contributed by atoms with Crippen molar-refractivity contribution < 1.29 is 23.5 Å². The smallest absolute Gasteiger partial charge is 0.260 e. The van der Waals surface area contributed by atoms with Gasteiger partial charge in [-0.25, -0.2) is 9.37 Å². The summed E-state index contributed by atoms with van der Waals surface area (Å²) in [6, 6.07) is 13.3. The summed E-state index contributed by atoms with van der Waals surface area (Å²) in [6.45, 7) is 0.187. The summed E-state index contributed by atoms with van der Waals surface area (Å²) in [4.78, 5) is 31.3. The molecular formula is C24H24FN3O4S. The van der Waals surface area contributed by atoms with Gasteiger partial charge in [-0.2, -0.15) is 0 Å². The van der Waals surface area contributed by atoms with Gasteiger partial charge in [0.1, 0.15) is 5.82 Å². The lowest BCUT2D eigenvalue weighted by molar-refractivity contribution is -0.134. The number of carbonyl (C=O) groups excluding carboxylic acids is 2. The number of para-hydroxylation sites is 2. The van der Waals surface area contributed by atoms with Crippen LogP contribution in [-0.4, -0.2) is 48.0 Å². The Morgan fingerprint density at radius 2 is 1.88 bits per heavy atom. The first-order valence-electron chi connectivity index (χ1n) is 10.6. The molecule has 3 aromatic rings. The molecule has 4 rings (SSSR count). The zero-order valence-corrected chi connectivity index (χ0v) is 18.9.